The van der Waals surface area contributed by atoms with E-state index in [1.165, 1.54) is 0 Å². The predicted octanol–water partition coefficient (Wildman–Crippen LogP) is 0.612. The lowest BCUT2D eigenvalue weighted by atomic mass is 9.91. The Morgan fingerprint density at radius 2 is 2.43 bits per heavy atom. The fourth-order valence-electron chi connectivity index (χ4n) is 1.67. The van der Waals surface area contributed by atoms with E-state index in [0.717, 1.165) is 0 Å². The molecular formula is C10H14N2O2. The van der Waals surface area contributed by atoms with Crippen LogP contribution in [0.25, 0.3) is 0 Å². The standard InChI is InChI=1S/C10H14N2O2/c1-2-10(14)6-12(7-10)9(13)8-4-3-5-11-8/h3-5,11,14H,2,6-7H2,1H3. The van der Waals surface area contributed by atoms with Crippen molar-refractivity contribution in [3.05, 3.63) is 24.0 Å². The molecule has 1 aromatic rings. The molecule has 0 bridgehead atoms. The van der Waals surface area contributed by atoms with Gasteiger partial charge in [0, 0.05) is 6.20 Å². The van der Waals surface area contributed by atoms with Crippen LogP contribution in [0.5, 0.6) is 0 Å². The van der Waals surface area contributed by atoms with Crippen molar-refractivity contribution in [2.75, 3.05) is 13.1 Å². The molecule has 0 atom stereocenters. The molecule has 0 aromatic carbocycles. The minimum Gasteiger partial charge on any atom is -0.386 e. The van der Waals surface area contributed by atoms with Crippen LogP contribution < -0.4 is 0 Å². The Morgan fingerprint density at radius 1 is 1.71 bits per heavy atom. The molecule has 0 unspecified atom stereocenters. The molecule has 2 N–H and O–H groups in total. The first kappa shape index (κ1) is 9.27. The van der Waals surface area contributed by atoms with E-state index in [2.05, 4.69) is 4.98 Å². The summed E-state index contributed by atoms with van der Waals surface area (Å²) in [6, 6.07) is 3.53. The maximum Gasteiger partial charge on any atom is 0.270 e. The van der Waals surface area contributed by atoms with Crippen molar-refractivity contribution in [1.82, 2.24) is 9.88 Å². The molecule has 14 heavy (non-hydrogen) atoms. The van der Waals surface area contributed by atoms with Gasteiger partial charge in [-0.05, 0) is 18.6 Å². The number of hydrogen-bond acceptors (Lipinski definition) is 2. The fraction of sp³-hybridized carbons (Fsp3) is 0.500. The van der Waals surface area contributed by atoms with Gasteiger partial charge in [-0.3, -0.25) is 4.79 Å². The van der Waals surface area contributed by atoms with Crippen molar-refractivity contribution in [3.8, 4) is 0 Å². The van der Waals surface area contributed by atoms with Gasteiger partial charge in [0.05, 0.1) is 18.7 Å². The SMILES string of the molecule is CCC1(O)CN(C(=O)c2ccc[nH]2)C1. The largest absolute Gasteiger partial charge is 0.386 e. The van der Waals surface area contributed by atoms with Crippen molar-refractivity contribution in [1.29, 1.82) is 0 Å². The number of aromatic amines is 1. The zero-order chi connectivity index (χ0) is 10.2. The van der Waals surface area contributed by atoms with Crippen molar-refractivity contribution in [2.24, 2.45) is 0 Å². The molecule has 1 aliphatic rings. The Balaban J connectivity index is 1.98. The molecule has 1 fully saturated rings. The molecule has 1 amide bonds. The second kappa shape index (κ2) is 3.13. The summed E-state index contributed by atoms with van der Waals surface area (Å²) >= 11 is 0. The number of carbonyl (C=O) groups excluding carboxylic acids is 1. The van der Waals surface area contributed by atoms with Gasteiger partial charge in [-0.25, -0.2) is 0 Å². The molecule has 0 spiro atoms. The van der Waals surface area contributed by atoms with Gasteiger partial charge in [0.1, 0.15) is 5.69 Å². The van der Waals surface area contributed by atoms with Crippen LogP contribution in [-0.2, 0) is 0 Å². The lowest BCUT2D eigenvalue weighted by molar-refractivity contribution is -0.0828. The van der Waals surface area contributed by atoms with E-state index in [9.17, 15) is 9.90 Å². The van der Waals surface area contributed by atoms with Gasteiger partial charge in [0.25, 0.3) is 5.91 Å². The number of carbonyl (C=O) groups is 1. The minimum absolute atomic E-state index is 0.0341. The number of hydrogen-bond donors (Lipinski definition) is 2. The van der Waals surface area contributed by atoms with Crippen LogP contribution >= 0.6 is 0 Å². The van der Waals surface area contributed by atoms with Crippen LogP contribution in [0, 0.1) is 0 Å². The molecule has 2 heterocycles. The summed E-state index contributed by atoms with van der Waals surface area (Å²) in [6.45, 7) is 2.82. The zero-order valence-electron chi connectivity index (χ0n) is 8.16. The molecule has 1 saturated heterocycles. The molecule has 4 nitrogen and oxygen atoms in total. The number of β-amino-alcohol motifs (C(OH)–C–C–N with tert-alkyl or cyclic N) is 1. The third kappa shape index (κ3) is 1.42. The first-order chi connectivity index (χ1) is 6.64. The van der Waals surface area contributed by atoms with Crippen LogP contribution in [0.15, 0.2) is 18.3 Å². The van der Waals surface area contributed by atoms with Crippen molar-refractivity contribution < 1.29 is 9.90 Å². The minimum atomic E-state index is -0.651. The molecular weight excluding hydrogens is 180 g/mol. The maximum atomic E-state index is 11.7. The molecule has 1 aromatic heterocycles. The Labute approximate surface area is 82.5 Å². The first-order valence-corrected chi connectivity index (χ1v) is 4.80. The number of nitrogens with zero attached hydrogens (tertiary/aromatic N) is 1. The summed E-state index contributed by atoms with van der Waals surface area (Å²) in [5.41, 5.74) is -0.0643. The number of aliphatic hydroxyl groups is 1. The Hall–Kier alpha value is -1.29. The van der Waals surface area contributed by atoms with Crippen LogP contribution in [-0.4, -0.2) is 39.6 Å². The summed E-state index contributed by atoms with van der Waals surface area (Å²) < 4.78 is 0. The van der Waals surface area contributed by atoms with Crippen LogP contribution in [0.3, 0.4) is 0 Å². The lowest BCUT2D eigenvalue weighted by Crippen LogP contribution is -2.63. The van der Waals surface area contributed by atoms with Crippen LogP contribution in [0.1, 0.15) is 23.8 Å². The van der Waals surface area contributed by atoms with Gasteiger partial charge in [-0.2, -0.15) is 0 Å². The molecule has 0 radical (unpaired) electrons. The Bertz CT molecular complexity index is 326. The number of nitrogens with one attached hydrogen (secondary N) is 1. The first-order valence-electron chi connectivity index (χ1n) is 4.80. The van der Waals surface area contributed by atoms with E-state index in [1.807, 2.05) is 6.92 Å². The highest BCUT2D eigenvalue weighted by Gasteiger charge is 2.42. The van der Waals surface area contributed by atoms with Gasteiger partial charge < -0.3 is 15.0 Å². The van der Waals surface area contributed by atoms with Crippen LogP contribution in [0.2, 0.25) is 0 Å². The highest BCUT2D eigenvalue weighted by Crippen LogP contribution is 2.25. The van der Waals surface area contributed by atoms with E-state index in [4.69, 9.17) is 0 Å². The van der Waals surface area contributed by atoms with E-state index in [-0.39, 0.29) is 5.91 Å². The van der Waals surface area contributed by atoms with Crippen molar-refractivity contribution in [2.45, 2.75) is 18.9 Å². The zero-order valence-corrected chi connectivity index (χ0v) is 8.16. The Kier molecular flexibility index (Phi) is 2.07. The van der Waals surface area contributed by atoms with Crippen molar-refractivity contribution in [3.63, 3.8) is 0 Å². The summed E-state index contributed by atoms with van der Waals surface area (Å²) in [7, 11) is 0. The monoisotopic (exact) mass is 194 g/mol. The van der Waals surface area contributed by atoms with Gasteiger partial charge in [0.15, 0.2) is 0 Å². The van der Waals surface area contributed by atoms with E-state index < -0.39 is 5.60 Å². The smallest absolute Gasteiger partial charge is 0.270 e. The molecule has 0 aliphatic carbocycles. The van der Waals surface area contributed by atoms with Gasteiger partial charge in [-0.15, -0.1) is 0 Å². The van der Waals surface area contributed by atoms with E-state index in [1.54, 1.807) is 23.2 Å². The molecule has 0 saturated carbocycles. The number of aromatic nitrogens is 1. The summed E-state index contributed by atoms with van der Waals surface area (Å²) in [4.78, 5) is 16.2. The highest BCUT2D eigenvalue weighted by molar-refractivity contribution is 5.93. The summed E-state index contributed by atoms with van der Waals surface area (Å²) in [5.74, 6) is -0.0341. The third-order valence-corrected chi connectivity index (χ3v) is 2.74. The average Bonchev–Trinajstić information content (AvgIpc) is 2.64. The summed E-state index contributed by atoms with van der Waals surface area (Å²) in [6.07, 6.45) is 2.42. The van der Waals surface area contributed by atoms with Gasteiger partial charge >= 0.3 is 0 Å². The molecule has 1 aliphatic heterocycles. The van der Waals surface area contributed by atoms with E-state index >= 15 is 0 Å². The fourth-order valence-corrected chi connectivity index (χ4v) is 1.67. The number of H-pyrrole nitrogens is 1. The topological polar surface area (TPSA) is 56.3 Å². The second-order valence-electron chi connectivity index (χ2n) is 3.82. The molecule has 4 heteroatoms. The van der Waals surface area contributed by atoms with Crippen LogP contribution in [0.4, 0.5) is 0 Å². The molecule has 2 rings (SSSR count). The Morgan fingerprint density at radius 3 is 2.93 bits per heavy atom. The average molecular weight is 194 g/mol. The maximum absolute atomic E-state index is 11.7. The summed E-state index contributed by atoms with van der Waals surface area (Å²) in [5, 5.41) is 9.73. The normalized spacial score (nSPS) is 19.1. The predicted molar refractivity (Wildman–Crippen MR) is 51.9 cm³/mol. The second-order valence-corrected chi connectivity index (χ2v) is 3.82. The number of rotatable bonds is 2. The van der Waals surface area contributed by atoms with Gasteiger partial charge in [-0.1, -0.05) is 6.92 Å². The van der Waals surface area contributed by atoms with E-state index in [0.29, 0.717) is 25.2 Å². The van der Waals surface area contributed by atoms with Gasteiger partial charge in [0.2, 0.25) is 0 Å². The third-order valence-electron chi connectivity index (χ3n) is 2.74. The number of likely N-dealkylation sites (tertiary alicyclic amines) is 1. The highest BCUT2D eigenvalue weighted by atomic mass is 16.3. The quantitative estimate of drug-likeness (QED) is 0.724. The van der Waals surface area contributed by atoms with Crippen molar-refractivity contribution >= 4 is 5.91 Å². The molecule has 76 valence electrons. The lowest BCUT2D eigenvalue weighted by Gasteiger charge is -2.45. The number of amides is 1.